The van der Waals surface area contributed by atoms with Crippen LogP contribution in [0, 0.1) is 35.5 Å². The SMILES string of the molecule is CC(C)C(=CC1C2CC3CC(C2)CC1C3)C(=O)O. The van der Waals surface area contributed by atoms with Crippen molar-refractivity contribution in [3.8, 4) is 0 Å². The van der Waals surface area contributed by atoms with Crippen LogP contribution in [0.3, 0.4) is 0 Å². The molecule has 1 N–H and O–H groups in total. The fourth-order valence-corrected chi connectivity index (χ4v) is 4.96. The molecule has 0 unspecified atom stereocenters. The van der Waals surface area contributed by atoms with Gasteiger partial charge in [0.2, 0.25) is 0 Å². The molecule has 4 saturated carbocycles. The summed E-state index contributed by atoms with van der Waals surface area (Å²) in [6, 6.07) is 0. The summed E-state index contributed by atoms with van der Waals surface area (Å²) in [5.41, 5.74) is 0.646. The molecule has 4 aliphatic rings. The number of carboxylic acid groups (broad SMARTS) is 1. The van der Waals surface area contributed by atoms with Crippen molar-refractivity contribution in [3.63, 3.8) is 0 Å². The Morgan fingerprint density at radius 2 is 1.56 bits per heavy atom. The molecule has 4 bridgehead atoms. The molecule has 0 spiro atoms. The lowest BCUT2D eigenvalue weighted by molar-refractivity contribution is -0.133. The molecule has 0 aliphatic heterocycles. The smallest absolute Gasteiger partial charge is 0.331 e. The van der Waals surface area contributed by atoms with E-state index in [1.807, 2.05) is 13.8 Å². The summed E-state index contributed by atoms with van der Waals surface area (Å²) in [6.45, 7) is 3.99. The number of carboxylic acids is 1. The molecule has 0 radical (unpaired) electrons. The van der Waals surface area contributed by atoms with Crippen molar-refractivity contribution < 1.29 is 9.90 Å². The van der Waals surface area contributed by atoms with Crippen LogP contribution >= 0.6 is 0 Å². The lowest BCUT2D eigenvalue weighted by Crippen LogP contribution is -2.44. The van der Waals surface area contributed by atoms with Crippen molar-refractivity contribution >= 4 is 5.97 Å². The van der Waals surface area contributed by atoms with E-state index in [0.717, 1.165) is 23.7 Å². The van der Waals surface area contributed by atoms with Crippen LogP contribution in [0.2, 0.25) is 0 Å². The van der Waals surface area contributed by atoms with Gasteiger partial charge in [-0.05, 0) is 67.6 Å². The van der Waals surface area contributed by atoms with Gasteiger partial charge in [-0.25, -0.2) is 4.79 Å². The standard InChI is InChI=1S/C16H24O2/c1-9(2)14(16(17)18)8-15-12-4-10-3-11(6-12)7-13(15)5-10/h8-13,15H,3-7H2,1-2H3,(H,17,18). The zero-order chi connectivity index (χ0) is 12.9. The summed E-state index contributed by atoms with van der Waals surface area (Å²) in [5, 5.41) is 9.33. The molecule has 18 heavy (non-hydrogen) atoms. The largest absolute Gasteiger partial charge is 0.478 e. The summed E-state index contributed by atoms with van der Waals surface area (Å²) in [6.07, 6.45) is 9.04. The van der Waals surface area contributed by atoms with Crippen LogP contribution in [0.5, 0.6) is 0 Å². The van der Waals surface area contributed by atoms with E-state index in [1.54, 1.807) is 0 Å². The van der Waals surface area contributed by atoms with Gasteiger partial charge in [0.15, 0.2) is 0 Å². The predicted octanol–water partition coefficient (Wildman–Crippen LogP) is 3.73. The van der Waals surface area contributed by atoms with Crippen LogP contribution in [-0.2, 0) is 4.79 Å². The maximum absolute atomic E-state index is 11.3. The average Bonchev–Trinajstić information content (AvgIpc) is 2.25. The molecule has 100 valence electrons. The molecule has 0 aromatic heterocycles. The highest BCUT2D eigenvalue weighted by molar-refractivity contribution is 5.87. The van der Waals surface area contributed by atoms with Gasteiger partial charge >= 0.3 is 5.97 Å². The molecule has 0 heterocycles. The van der Waals surface area contributed by atoms with E-state index in [-0.39, 0.29) is 5.92 Å². The molecule has 0 aromatic carbocycles. The molecule has 4 rings (SSSR count). The third-order valence-corrected chi connectivity index (χ3v) is 5.54. The van der Waals surface area contributed by atoms with Gasteiger partial charge in [0.25, 0.3) is 0 Å². The van der Waals surface area contributed by atoms with Crippen molar-refractivity contribution in [1.29, 1.82) is 0 Å². The molecule has 4 fully saturated rings. The van der Waals surface area contributed by atoms with Gasteiger partial charge in [-0.2, -0.15) is 0 Å². The molecule has 2 nitrogen and oxygen atoms in total. The molecule has 4 aliphatic carbocycles. The second-order valence-electron chi connectivity index (χ2n) is 7.09. The summed E-state index contributed by atoms with van der Waals surface area (Å²) in [7, 11) is 0. The number of hydrogen-bond acceptors (Lipinski definition) is 1. The predicted molar refractivity (Wildman–Crippen MR) is 71.1 cm³/mol. The Bertz CT molecular complexity index is 353. The Hall–Kier alpha value is -0.790. The van der Waals surface area contributed by atoms with E-state index < -0.39 is 5.97 Å². The minimum atomic E-state index is -0.709. The molecule has 2 heteroatoms. The molecule has 0 amide bonds. The van der Waals surface area contributed by atoms with E-state index in [9.17, 15) is 9.90 Å². The molecule has 0 atom stereocenters. The molecular weight excluding hydrogens is 224 g/mol. The van der Waals surface area contributed by atoms with Crippen molar-refractivity contribution in [1.82, 2.24) is 0 Å². The first-order valence-electron chi connectivity index (χ1n) is 7.49. The van der Waals surface area contributed by atoms with Crippen molar-refractivity contribution in [2.45, 2.75) is 46.0 Å². The summed E-state index contributed by atoms with van der Waals surface area (Å²) in [5.74, 6) is 3.49. The zero-order valence-electron chi connectivity index (χ0n) is 11.4. The highest BCUT2D eigenvalue weighted by Crippen LogP contribution is 2.57. The van der Waals surface area contributed by atoms with Gasteiger partial charge in [-0.1, -0.05) is 19.9 Å². The van der Waals surface area contributed by atoms with Gasteiger partial charge in [0.1, 0.15) is 0 Å². The second-order valence-corrected chi connectivity index (χ2v) is 7.09. The van der Waals surface area contributed by atoms with Gasteiger partial charge in [0, 0.05) is 5.57 Å². The number of rotatable bonds is 3. The second kappa shape index (κ2) is 4.40. The van der Waals surface area contributed by atoms with E-state index >= 15 is 0 Å². The number of allylic oxidation sites excluding steroid dienone is 1. The maximum Gasteiger partial charge on any atom is 0.331 e. The quantitative estimate of drug-likeness (QED) is 0.773. The fraction of sp³-hybridized carbons (Fsp3) is 0.812. The lowest BCUT2D eigenvalue weighted by atomic mass is 9.51. The minimum absolute atomic E-state index is 0.139. The van der Waals surface area contributed by atoms with Crippen LogP contribution in [0.25, 0.3) is 0 Å². The normalized spacial score (nSPS) is 42.6. The van der Waals surface area contributed by atoms with E-state index in [4.69, 9.17) is 0 Å². The Labute approximate surface area is 109 Å². The summed E-state index contributed by atoms with van der Waals surface area (Å²) < 4.78 is 0. The Morgan fingerprint density at radius 1 is 1.06 bits per heavy atom. The number of hydrogen-bond donors (Lipinski definition) is 1. The minimum Gasteiger partial charge on any atom is -0.478 e. The third-order valence-electron chi connectivity index (χ3n) is 5.54. The number of carbonyl (C=O) groups is 1. The summed E-state index contributed by atoms with van der Waals surface area (Å²) >= 11 is 0. The lowest BCUT2D eigenvalue weighted by Gasteiger charge is -2.54. The first kappa shape index (κ1) is 12.3. The fourth-order valence-electron chi connectivity index (χ4n) is 4.96. The Balaban J connectivity index is 1.84. The van der Waals surface area contributed by atoms with Gasteiger partial charge in [-0.15, -0.1) is 0 Å². The molecule has 0 saturated heterocycles. The van der Waals surface area contributed by atoms with Crippen molar-refractivity contribution in [2.24, 2.45) is 35.5 Å². The Morgan fingerprint density at radius 3 is 1.94 bits per heavy atom. The summed E-state index contributed by atoms with van der Waals surface area (Å²) in [4.78, 5) is 11.3. The number of aliphatic carboxylic acids is 1. The first-order chi connectivity index (χ1) is 8.54. The van der Waals surface area contributed by atoms with Gasteiger partial charge < -0.3 is 5.11 Å². The van der Waals surface area contributed by atoms with Crippen molar-refractivity contribution in [2.75, 3.05) is 0 Å². The molecule has 0 aromatic rings. The third kappa shape index (κ3) is 2.00. The van der Waals surface area contributed by atoms with E-state index in [1.165, 1.54) is 32.1 Å². The maximum atomic E-state index is 11.3. The van der Waals surface area contributed by atoms with Crippen LogP contribution in [0.1, 0.15) is 46.0 Å². The van der Waals surface area contributed by atoms with Gasteiger partial charge in [-0.3, -0.25) is 0 Å². The van der Waals surface area contributed by atoms with E-state index in [0.29, 0.717) is 11.5 Å². The van der Waals surface area contributed by atoms with E-state index in [2.05, 4.69) is 6.08 Å². The highest BCUT2D eigenvalue weighted by atomic mass is 16.4. The van der Waals surface area contributed by atoms with Crippen molar-refractivity contribution in [3.05, 3.63) is 11.6 Å². The van der Waals surface area contributed by atoms with Crippen LogP contribution in [0.4, 0.5) is 0 Å². The highest BCUT2D eigenvalue weighted by Gasteiger charge is 2.47. The average molecular weight is 248 g/mol. The topological polar surface area (TPSA) is 37.3 Å². The Kier molecular flexibility index (Phi) is 2.99. The first-order valence-corrected chi connectivity index (χ1v) is 7.49. The van der Waals surface area contributed by atoms with Crippen LogP contribution in [-0.4, -0.2) is 11.1 Å². The zero-order valence-corrected chi connectivity index (χ0v) is 11.4. The van der Waals surface area contributed by atoms with Crippen LogP contribution in [0.15, 0.2) is 11.6 Å². The van der Waals surface area contributed by atoms with Gasteiger partial charge in [0.05, 0.1) is 0 Å². The van der Waals surface area contributed by atoms with Crippen LogP contribution < -0.4 is 0 Å². The monoisotopic (exact) mass is 248 g/mol. The molecular formula is C16H24O2.